The minimum atomic E-state index is -1.01. The van der Waals surface area contributed by atoms with E-state index >= 15 is 0 Å². The zero-order valence-electron chi connectivity index (χ0n) is 7.90. The Labute approximate surface area is 80.9 Å². The topological polar surface area (TPSA) is 80.0 Å². The van der Waals surface area contributed by atoms with E-state index in [1.54, 1.807) is 11.6 Å². The Morgan fingerprint density at radius 3 is 3.00 bits per heavy atom. The summed E-state index contributed by atoms with van der Waals surface area (Å²) < 4.78 is 1.70. The summed E-state index contributed by atoms with van der Waals surface area (Å²) in [6.07, 6.45) is 0.975. The van der Waals surface area contributed by atoms with Gasteiger partial charge >= 0.3 is 5.97 Å². The zero-order chi connectivity index (χ0) is 10.1. The molecular formula is C8H12N4O2. The Kier molecular flexibility index (Phi) is 2.20. The second-order valence-electron chi connectivity index (χ2n) is 3.42. The molecular weight excluding hydrogens is 184 g/mol. The van der Waals surface area contributed by atoms with Gasteiger partial charge in [0.25, 0.3) is 0 Å². The summed E-state index contributed by atoms with van der Waals surface area (Å²) in [6, 6.07) is 0.246. The lowest BCUT2D eigenvalue weighted by atomic mass is 10.2. The molecule has 1 aromatic heterocycles. The Morgan fingerprint density at radius 1 is 1.71 bits per heavy atom. The van der Waals surface area contributed by atoms with Gasteiger partial charge in [0, 0.05) is 6.54 Å². The molecule has 2 rings (SSSR count). The molecule has 0 aliphatic carbocycles. The highest BCUT2D eigenvalue weighted by molar-refractivity contribution is 5.86. The molecule has 0 spiro atoms. The van der Waals surface area contributed by atoms with E-state index in [0.29, 0.717) is 5.69 Å². The molecule has 2 N–H and O–H groups in total. The Morgan fingerprint density at radius 2 is 2.50 bits per heavy atom. The summed E-state index contributed by atoms with van der Waals surface area (Å²) in [5, 5.41) is 19.5. The van der Waals surface area contributed by atoms with E-state index in [2.05, 4.69) is 15.6 Å². The molecule has 0 radical (unpaired) electrons. The van der Waals surface area contributed by atoms with Gasteiger partial charge < -0.3 is 10.4 Å². The van der Waals surface area contributed by atoms with E-state index in [1.165, 1.54) is 0 Å². The SMILES string of the molecule is Cc1c(C(=O)O)nnn1[C@@H]1CCNC1. The van der Waals surface area contributed by atoms with Crippen molar-refractivity contribution in [3.63, 3.8) is 0 Å². The molecule has 1 saturated heterocycles. The molecule has 1 atom stereocenters. The van der Waals surface area contributed by atoms with Gasteiger partial charge in [0.05, 0.1) is 11.7 Å². The third-order valence-electron chi connectivity index (χ3n) is 2.51. The molecule has 1 aliphatic rings. The van der Waals surface area contributed by atoms with Gasteiger partial charge in [-0.25, -0.2) is 9.48 Å². The predicted octanol–water partition coefficient (Wildman–Crippen LogP) is -0.181. The van der Waals surface area contributed by atoms with Crippen LogP contribution in [-0.4, -0.2) is 39.2 Å². The molecule has 0 amide bonds. The third-order valence-corrected chi connectivity index (χ3v) is 2.51. The minimum absolute atomic E-state index is 0.0527. The van der Waals surface area contributed by atoms with E-state index in [0.717, 1.165) is 19.5 Å². The fourth-order valence-corrected chi connectivity index (χ4v) is 1.73. The van der Waals surface area contributed by atoms with Crippen LogP contribution in [0.2, 0.25) is 0 Å². The summed E-state index contributed by atoms with van der Waals surface area (Å²) in [5.41, 5.74) is 0.683. The first-order valence-electron chi connectivity index (χ1n) is 4.56. The number of nitrogens with one attached hydrogen (secondary N) is 1. The van der Waals surface area contributed by atoms with Crippen molar-refractivity contribution in [2.45, 2.75) is 19.4 Å². The van der Waals surface area contributed by atoms with Crippen molar-refractivity contribution in [3.8, 4) is 0 Å². The van der Waals surface area contributed by atoms with Crippen LogP contribution in [0.5, 0.6) is 0 Å². The number of rotatable bonds is 2. The standard InChI is InChI=1S/C8H12N4O2/c1-5-7(8(13)14)10-11-12(5)6-2-3-9-4-6/h6,9H,2-4H2,1H3,(H,13,14)/t6-/m1/s1. The van der Waals surface area contributed by atoms with Crippen molar-refractivity contribution >= 4 is 5.97 Å². The molecule has 0 unspecified atom stereocenters. The summed E-state index contributed by atoms with van der Waals surface area (Å²) in [7, 11) is 0. The maximum absolute atomic E-state index is 10.7. The van der Waals surface area contributed by atoms with Gasteiger partial charge in [-0.05, 0) is 19.9 Å². The highest BCUT2D eigenvalue weighted by Gasteiger charge is 2.23. The van der Waals surface area contributed by atoms with Crippen LogP contribution in [0.3, 0.4) is 0 Å². The fraction of sp³-hybridized carbons (Fsp3) is 0.625. The predicted molar refractivity (Wildman–Crippen MR) is 48.2 cm³/mol. The number of aromatic nitrogens is 3. The molecule has 1 aliphatic heterocycles. The molecule has 76 valence electrons. The molecule has 0 saturated carbocycles. The first-order valence-corrected chi connectivity index (χ1v) is 4.56. The smallest absolute Gasteiger partial charge is 0.358 e. The maximum atomic E-state index is 10.7. The summed E-state index contributed by atoms with van der Waals surface area (Å²) >= 11 is 0. The van der Waals surface area contributed by atoms with Crippen molar-refractivity contribution in [3.05, 3.63) is 11.4 Å². The van der Waals surface area contributed by atoms with Crippen LogP contribution in [0.1, 0.15) is 28.6 Å². The van der Waals surface area contributed by atoms with Crippen LogP contribution in [0.4, 0.5) is 0 Å². The molecule has 1 aromatic rings. The average molecular weight is 196 g/mol. The fourth-order valence-electron chi connectivity index (χ4n) is 1.73. The van der Waals surface area contributed by atoms with E-state index in [-0.39, 0.29) is 11.7 Å². The number of carboxylic acid groups (broad SMARTS) is 1. The largest absolute Gasteiger partial charge is 0.476 e. The van der Waals surface area contributed by atoms with Crippen LogP contribution in [0.15, 0.2) is 0 Å². The lowest BCUT2D eigenvalue weighted by molar-refractivity contribution is 0.0689. The Hall–Kier alpha value is -1.43. The normalized spacial score (nSPS) is 21.4. The van der Waals surface area contributed by atoms with Gasteiger partial charge in [-0.1, -0.05) is 5.21 Å². The second kappa shape index (κ2) is 3.38. The summed E-state index contributed by atoms with van der Waals surface area (Å²) in [4.78, 5) is 10.7. The van der Waals surface area contributed by atoms with Gasteiger partial charge in [0.2, 0.25) is 0 Å². The Bertz CT molecular complexity index is 354. The number of nitrogens with zero attached hydrogens (tertiary/aromatic N) is 3. The van der Waals surface area contributed by atoms with Crippen molar-refractivity contribution < 1.29 is 9.90 Å². The molecule has 0 bridgehead atoms. The molecule has 14 heavy (non-hydrogen) atoms. The van der Waals surface area contributed by atoms with Crippen molar-refractivity contribution in [1.82, 2.24) is 20.3 Å². The van der Waals surface area contributed by atoms with Gasteiger partial charge in [-0.2, -0.15) is 0 Å². The van der Waals surface area contributed by atoms with Gasteiger partial charge in [-0.15, -0.1) is 5.10 Å². The second-order valence-corrected chi connectivity index (χ2v) is 3.42. The van der Waals surface area contributed by atoms with Crippen LogP contribution < -0.4 is 5.32 Å². The van der Waals surface area contributed by atoms with Gasteiger partial charge in [-0.3, -0.25) is 0 Å². The molecule has 1 fully saturated rings. The maximum Gasteiger partial charge on any atom is 0.358 e. The number of hydrogen-bond donors (Lipinski definition) is 2. The number of hydrogen-bond acceptors (Lipinski definition) is 4. The molecule has 2 heterocycles. The first-order chi connectivity index (χ1) is 6.70. The van der Waals surface area contributed by atoms with E-state index in [9.17, 15) is 4.79 Å². The third kappa shape index (κ3) is 1.37. The first kappa shape index (κ1) is 9.14. The van der Waals surface area contributed by atoms with Crippen LogP contribution >= 0.6 is 0 Å². The monoisotopic (exact) mass is 196 g/mol. The number of carbonyl (C=O) groups is 1. The van der Waals surface area contributed by atoms with Crippen LogP contribution in [0, 0.1) is 6.92 Å². The van der Waals surface area contributed by atoms with Crippen LogP contribution in [0.25, 0.3) is 0 Å². The number of carboxylic acids is 1. The quantitative estimate of drug-likeness (QED) is 0.685. The molecule has 0 aromatic carbocycles. The zero-order valence-corrected chi connectivity index (χ0v) is 7.90. The summed E-state index contributed by atoms with van der Waals surface area (Å²) in [6.45, 7) is 3.53. The van der Waals surface area contributed by atoms with Crippen molar-refractivity contribution in [2.24, 2.45) is 0 Å². The van der Waals surface area contributed by atoms with E-state index < -0.39 is 5.97 Å². The van der Waals surface area contributed by atoms with Gasteiger partial charge in [0.1, 0.15) is 0 Å². The van der Waals surface area contributed by atoms with E-state index in [4.69, 9.17) is 5.11 Å². The molecule has 6 nitrogen and oxygen atoms in total. The van der Waals surface area contributed by atoms with Crippen LogP contribution in [-0.2, 0) is 0 Å². The lowest BCUT2D eigenvalue weighted by Crippen LogP contribution is -2.16. The van der Waals surface area contributed by atoms with E-state index in [1.807, 2.05) is 0 Å². The summed E-state index contributed by atoms with van der Waals surface area (Å²) in [5.74, 6) is -1.01. The highest BCUT2D eigenvalue weighted by atomic mass is 16.4. The minimum Gasteiger partial charge on any atom is -0.476 e. The molecule has 6 heteroatoms. The lowest BCUT2D eigenvalue weighted by Gasteiger charge is -2.09. The average Bonchev–Trinajstić information content (AvgIpc) is 2.71. The van der Waals surface area contributed by atoms with Gasteiger partial charge in [0.15, 0.2) is 5.69 Å². The van der Waals surface area contributed by atoms with Crippen molar-refractivity contribution in [2.75, 3.05) is 13.1 Å². The Balaban J connectivity index is 2.30. The number of aromatic carboxylic acids is 1. The van der Waals surface area contributed by atoms with Crippen molar-refractivity contribution in [1.29, 1.82) is 0 Å². The highest BCUT2D eigenvalue weighted by Crippen LogP contribution is 2.17.